The Morgan fingerprint density at radius 2 is 2.22 bits per heavy atom. The summed E-state index contributed by atoms with van der Waals surface area (Å²) in [5.41, 5.74) is 2.92. The van der Waals surface area contributed by atoms with Crippen LogP contribution in [0.2, 0.25) is 0 Å². The molecule has 1 heteroatoms. The van der Waals surface area contributed by atoms with E-state index in [1.54, 1.807) is 0 Å². The Bertz CT molecular complexity index is 132. The van der Waals surface area contributed by atoms with Gasteiger partial charge in [0.1, 0.15) is 0 Å². The molecule has 1 rings (SSSR count). The smallest absolute Gasteiger partial charge is 0.0683 e. The Labute approximate surface area is 56.7 Å². The van der Waals surface area contributed by atoms with Crippen molar-refractivity contribution in [1.82, 2.24) is 0 Å². The van der Waals surface area contributed by atoms with Crippen LogP contribution >= 0.6 is 0 Å². The van der Waals surface area contributed by atoms with Crippen molar-refractivity contribution in [2.45, 2.75) is 33.3 Å². The van der Waals surface area contributed by atoms with Gasteiger partial charge >= 0.3 is 0 Å². The Morgan fingerprint density at radius 1 is 1.56 bits per heavy atom. The minimum Gasteiger partial charge on any atom is -0.374 e. The molecule has 52 valence electrons. The first kappa shape index (κ1) is 6.81. The lowest BCUT2D eigenvalue weighted by atomic mass is 10.1. The average molecular weight is 126 g/mol. The van der Waals surface area contributed by atoms with E-state index in [4.69, 9.17) is 4.74 Å². The molecule has 0 aromatic heterocycles. The monoisotopic (exact) mass is 126 g/mol. The molecule has 1 fully saturated rings. The quantitative estimate of drug-likeness (QED) is 0.452. The summed E-state index contributed by atoms with van der Waals surface area (Å²) in [7, 11) is 0. The molecule has 1 heterocycles. The molecule has 1 nitrogen and oxygen atoms in total. The number of rotatable bonds is 0. The summed E-state index contributed by atoms with van der Waals surface area (Å²) in [6.45, 7) is 7.28. The third-order valence-electron chi connectivity index (χ3n) is 1.78. The lowest BCUT2D eigenvalue weighted by Crippen LogP contribution is -1.94. The molecule has 0 aromatic rings. The third-order valence-corrected chi connectivity index (χ3v) is 1.78. The first-order valence-corrected chi connectivity index (χ1v) is 3.47. The van der Waals surface area contributed by atoms with Crippen molar-refractivity contribution < 1.29 is 4.74 Å². The lowest BCUT2D eigenvalue weighted by Gasteiger charge is -1.95. The lowest BCUT2D eigenvalue weighted by molar-refractivity contribution is 0.128. The maximum atomic E-state index is 5.37. The fraction of sp³-hybridized carbons (Fsp3) is 0.750. The first-order valence-electron chi connectivity index (χ1n) is 3.47. The molecule has 0 N–H and O–H groups in total. The van der Waals surface area contributed by atoms with Gasteiger partial charge in [0.2, 0.25) is 0 Å². The van der Waals surface area contributed by atoms with Crippen LogP contribution in [0.3, 0.4) is 0 Å². The van der Waals surface area contributed by atoms with E-state index >= 15 is 0 Å². The zero-order chi connectivity index (χ0) is 6.85. The fourth-order valence-corrected chi connectivity index (χ4v) is 1.06. The Hall–Kier alpha value is -0.300. The van der Waals surface area contributed by atoms with Crippen LogP contribution < -0.4 is 0 Å². The highest BCUT2D eigenvalue weighted by Gasteiger charge is 2.15. The van der Waals surface area contributed by atoms with Crippen LogP contribution in [0, 0.1) is 0 Å². The van der Waals surface area contributed by atoms with Crippen molar-refractivity contribution in [2.75, 3.05) is 6.61 Å². The molecule has 0 spiro atoms. The minimum atomic E-state index is 0.454. The minimum absolute atomic E-state index is 0.454. The van der Waals surface area contributed by atoms with Gasteiger partial charge in [-0.25, -0.2) is 0 Å². The summed E-state index contributed by atoms with van der Waals surface area (Å²) in [6, 6.07) is 0. The largest absolute Gasteiger partial charge is 0.374 e. The van der Waals surface area contributed by atoms with Crippen molar-refractivity contribution >= 4 is 0 Å². The SMILES string of the molecule is CC(C)=C1CO[C@H](C)C1. The Balaban J connectivity index is 2.58. The maximum absolute atomic E-state index is 5.37. The maximum Gasteiger partial charge on any atom is 0.0683 e. The second-order valence-corrected chi connectivity index (χ2v) is 2.93. The number of hydrogen-bond donors (Lipinski definition) is 0. The van der Waals surface area contributed by atoms with Crippen molar-refractivity contribution in [2.24, 2.45) is 0 Å². The highest BCUT2D eigenvalue weighted by atomic mass is 16.5. The zero-order valence-electron chi connectivity index (χ0n) is 6.40. The first-order chi connectivity index (χ1) is 4.20. The van der Waals surface area contributed by atoms with E-state index in [2.05, 4.69) is 20.8 Å². The number of hydrogen-bond acceptors (Lipinski definition) is 1. The van der Waals surface area contributed by atoms with E-state index in [0.717, 1.165) is 13.0 Å². The molecule has 1 atom stereocenters. The molecule has 0 aliphatic carbocycles. The Morgan fingerprint density at radius 3 is 2.44 bits per heavy atom. The number of allylic oxidation sites excluding steroid dienone is 1. The average Bonchev–Trinajstić information content (AvgIpc) is 2.14. The van der Waals surface area contributed by atoms with E-state index in [-0.39, 0.29) is 0 Å². The molecule has 0 saturated carbocycles. The van der Waals surface area contributed by atoms with Gasteiger partial charge in [0.15, 0.2) is 0 Å². The van der Waals surface area contributed by atoms with Gasteiger partial charge in [-0.3, -0.25) is 0 Å². The van der Waals surface area contributed by atoms with Crippen LogP contribution in [-0.2, 0) is 4.74 Å². The highest BCUT2D eigenvalue weighted by Crippen LogP contribution is 2.20. The molecule has 0 radical (unpaired) electrons. The molecular formula is C8H14O. The summed E-state index contributed by atoms with van der Waals surface area (Å²) in [4.78, 5) is 0. The van der Waals surface area contributed by atoms with Crippen molar-refractivity contribution in [3.8, 4) is 0 Å². The highest BCUT2D eigenvalue weighted by molar-refractivity contribution is 5.13. The zero-order valence-corrected chi connectivity index (χ0v) is 6.40. The van der Waals surface area contributed by atoms with Crippen LogP contribution in [0.25, 0.3) is 0 Å². The van der Waals surface area contributed by atoms with Crippen molar-refractivity contribution in [1.29, 1.82) is 0 Å². The summed E-state index contributed by atoms with van der Waals surface area (Å²) in [6.07, 6.45) is 1.59. The molecule has 0 unspecified atom stereocenters. The number of ether oxygens (including phenoxy) is 1. The van der Waals surface area contributed by atoms with E-state index in [1.807, 2.05) is 0 Å². The van der Waals surface area contributed by atoms with Gasteiger partial charge < -0.3 is 4.74 Å². The normalized spacial score (nSPS) is 27.0. The van der Waals surface area contributed by atoms with E-state index < -0.39 is 0 Å². The van der Waals surface area contributed by atoms with Gasteiger partial charge in [0, 0.05) is 0 Å². The molecule has 1 aliphatic rings. The summed E-state index contributed by atoms with van der Waals surface area (Å²) < 4.78 is 5.37. The second-order valence-electron chi connectivity index (χ2n) is 2.93. The van der Waals surface area contributed by atoms with Gasteiger partial charge in [-0.1, -0.05) is 5.57 Å². The van der Waals surface area contributed by atoms with Crippen molar-refractivity contribution in [3.63, 3.8) is 0 Å². The van der Waals surface area contributed by atoms with Crippen LogP contribution in [0.15, 0.2) is 11.1 Å². The second kappa shape index (κ2) is 2.53. The van der Waals surface area contributed by atoms with Crippen LogP contribution in [0.5, 0.6) is 0 Å². The third kappa shape index (κ3) is 1.55. The van der Waals surface area contributed by atoms with E-state index in [9.17, 15) is 0 Å². The molecule has 0 aromatic carbocycles. The van der Waals surface area contributed by atoms with Gasteiger partial charge in [-0.15, -0.1) is 0 Å². The molecule has 9 heavy (non-hydrogen) atoms. The van der Waals surface area contributed by atoms with Gasteiger partial charge in [-0.05, 0) is 32.8 Å². The van der Waals surface area contributed by atoms with Gasteiger partial charge in [0.25, 0.3) is 0 Å². The van der Waals surface area contributed by atoms with E-state index in [1.165, 1.54) is 11.1 Å². The summed E-state index contributed by atoms with van der Waals surface area (Å²) >= 11 is 0. The predicted octanol–water partition coefficient (Wildman–Crippen LogP) is 2.13. The fourth-order valence-electron chi connectivity index (χ4n) is 1.06. The van der Waals surface area contributed by atoms with Crippen LogP contribution in [0.1, 0.15) is 27.2 Å². The molecular weight excluding hydrogens is 112 g/mol. The summed E-state index contributed by atoms with van der Waals surface area (Å²) in [5.74, 6) is 0. The molecule has 0 amide bonds. The molecule has 1 saturated heterocycles. The van der Waals surface area contributed by atoms with Crippen LogP contribution in [0.4, 0.5) is 0 Å². The molecule has 1 aliphatic heterocycles. The van der Waals surface area contributed by atoms with E-state index in [0.29, 0.717) is 6.10 Å². The standard InChI is InChI=1S/C8H14O/c1-6(2)8-4-7(3)9-5-8/h7H,4-5H2,1-3H3/t7-/m1/s1. The predicted molar refractivity (Wildman–Crippen MR) is 38.4 cm³/mol. The molecule has 0 bridgehead atoms. The Kier molecular flexibility index (Phi) is 1.91. The van der Waals surface area contributed by atoms with Gasteiger partial charge in [0.05, 0.1) is 12.7 Å². The summed E-state index contributed by atoms with van der Waals surface area (Å²) in [5, 5.41) is 0. The van der Waals surface area contributed by atoms with Crippen molar-refractivity contribution in [3.05, 3.63) is 11.1 Å². The van der Waals surface area contributed by atoms with Crippen LogP contribution in [-0.4, -0.2) is 12.7 Å². The topological polar surface area (TPSA) is 9.23 Å². The van der Waals surface area contributed by atoms with Gasteiger partial charge in [-0.2, -0.15) is 0 Å².